The Morgan fingerprint density at radius 2 is 1.72 bits per heavy atom. The molecule has 3 rings (SSSR count). The summed E-state index contributed by atoms with van der Waals surface area (Å²) in [4.78, 5) is 14.4. The van der Waals surface area contributed by atoms with Crippen molar-refractivity contribution in [3.63, 3.8) is 0 Å². The fraction of sp³-hybridized carbons (Fsp3) is 0.286. The van der Waals surface area contributed by atoms with Gasteiger partial charge in [-0.3, -0.25) is 4.79 Å². The second-order valence-corrected chi connectivity index (χ2v) is 6.43. The van der Waals surface area contributed by atoms with Crippen molar-refractivity contribution in [1.82, 2.24) is 4.90 Å². The zero-order chi connectivity index (χ0) is 17.8. The molecule has 0 unspecified atom stereocenters. The van der Waals surface area contributed by atoms with E-state index in [0.29, 0.717) is 17.0 Å². The van der Waals surface area contributed by atoms with E-state index in [-0.39, 0.29) is 11.5 Å². The van der Waals surface area contributed by atoms with E-state index in [1.807, 2.05) is 4.90 Å². The van der Waals surface area contributed by atoms with E-state index in [1.165, 1.54) is 12.1 Å². The van der Waals surface area contributed by atoms with Gasteiger partial charge in [0.05, 0.1) is 5.56 Å². The van der Waals surface area contributed by atoms with E-state index in [0.717, 1.165) is 32.0 Å². The average Bonchev–Trinajstić information content (AvgIpc) is 2.61. The minimum absolute atomic E-state index is 0.0380. The lowest BCUT2D eigenvalue weighted by molar-refractivity contribution is 0.0697. The molecular weight excluding hydrogens is 320 g/mol. The summed E-state index contributed by atoms with van der Waals surface area (Å²) in [6.07, 6.45) is 2.08. The summed E-state index contributed by atoms with van der Waals surface area (Å²) >= 11 is 0. The van der Waals surface area contributed by atoms with Crippen molar-refractivity contribution < 1.29 is 13.6 Å². The van der Waals surface area contributed by atoms with Crippen LogP contribution in [0.2, 0.25) is 0 Å². The summed E-state index contributed by atoms with van der Waals surface area (Å²) in [5.74, 6) is 4.93. The predicted molar refractivity (Wildman–Crippen MR) is 93.1 cm³/mol. The van der Waals surface area contributed by atoms with Crippen LogP contribution in [0.4, 0.5) is 8.78 Å². The van der Waals surface area contributed by atoms with Gasteiger partial charge in [0.15, 0.2) is 0 Å². The van der Waals surface area contributed by atoms with Gasteiger partial charge in [-0.05, 0) is 55.2 Å². The molecule has 1 aliphatic rings. The van der Waals surface area contributed by atoms with E-state index < -0.39 is 11.6 Å². The third-order valence-electron chi connectivity index (χ3n) is 4.48. The SMILES string of the molecule is CC1CCN(C(=O)c2ccc(C#Cc3ccc(F)cc3F)cc2)CC1. The Morgan fingerprint density at radius 3 is 2.36 bits per heavy atom. The molecule has 4 heteroatoms. The maximum Gasteiger partial charge on any atom is 0.253 e. The number of piperidine rings is 1. The van der Waals surface area contributed by atoms with Gasteiger partial charge in [0.1, 0.15) is 11.6 Å². The van der Waals surface area contributed by atoms with E-state index in [1.54, 1.807) is 24.3 Å². The molecule has 0 aromatic heterocycles. The van der Waals surface area contributed by atoms with Gasteiger partial charge in [0.25, 0.3) is 5.91 Å². The Kier molecular flexibility index (Phi) is 5.14. The first-order valence-electron chi connectivity index (χ1n) is 8.39. The normalized spacial score (nSPS) is 14.8. The highest BCUT2D eigenvalue weighted by molar-refractivity contribution is 5.94. The van der Waals surface area contributed by atoms with E-state index in [9.17, 15) is 13.6 Å². The molecule has 1 amide bonds. The third kappa shape index (κ3) is 4.24. The summed E-state index contributed by atoms with van der Waals surface area (Å²) in [6, 6.07) is 10.3. The lowest BCUT2D eigenvalue weighted by atomic mass is 9.98. The minimum atomic E-state index is -0.682. The van der Waals surface area contributed by atoms with Crippen molar-refractivity contribution in [2.75, 3.05) is 13.1 Å². The summed E-state index contributed by atoms with van der Waals surface area (Å²) in [6.45, 7) is 3.80. The van der Waals surface area contributed by atoms with Crippen LogP contribution in [0.15, 0.2) is 42.5 Å². The molecule has 2 aromatic rings. The zero-order valence-electron chi connectivity index (χ0n) is 14.1. The smallest absolute Gasteiger partial charge is 0.253 e. The number of benzene rings is 2. The van der Waals surface area contributed by atoms with Gasteiger partial charge < -0.3 is 4.90 Å². The van der Waals surface area contributed by atoms with Crippen molar-refractivity contribution >= 4 is 5.91 Å². The highest BCUT2D eigenvalue weighted by Gasteiger charge is 2.21. The highest BCUT2D eigenvalue weighted by Crippen LogP contribution is 2.18. The molecule has 0 aliphatic carbocycles. The van der Waals surface area contributed by atoms with Gasteiger partial charge in [-0.2, -0.15) is 0 Å². The largest absolute Gasteiger partial charge is 0.339 e. The maximum absolute atomic E-state index is 13.6. The standard InChI is InChI=1S/C21H19F2NO/c1-15-10-12-24(13-11-15)21(25)18-6-3-16(4-7-18)2-5-17-8-9-19(22)14-20(17)23/h3-4,6-9,14-15H,10-13H2,1H3. The van der Waals surface area contributed by atoms with Crippen LogP contribution in [0, 0.1) is 29.4 Å². The molecule has 25 heavy (non-hydrogen) atoms. The first-order valence-corrected chi connectivity index (χ1v) is 8.39. The number of hydrogen-bond donors (Lipinski definition) is 0. The number of likely N-dealkylation sites (tertiary alicyclic amines) is 1. The predicted octanol–water partition coefficient (Wildman–Crippen LogP) is 4.24. The van der Waals surface area contributed by atoms with Crippen molar-refractivity contribution in [2.24, 2.45) is 5.92 Å². The lowest BCUT2D eigenvalue weighted by Crippen LogP contribution is -2.37. The maximum atomic E-state index is 13.6. The molecule has 0 N–H and O–H groups in total. The van der Waals surface area contributed by atoms with E-state index in [2.05, 4.69) is 18.8 Å². The number of hydrogen-bond acceptors (Lipinski definition) is 1. The number of amides is 1. The second kappa shape index (κ2) is 7.48. The van der Waals surface area contributed by atoms with Crippen LogP contribution in [0.3, 0.4) is 0 Å². The number of carbonyl (C=O) groups excluding carboxylic acids is 1. The molecule has 1 fully saturated rings. The average molecular weight is 339 g/mol. The van der Waals surface area contributed by atoms with Crippen LogP contribution in [0.1, 0.15) is 41.3 Å². The van der Waals surface area contributed by atoms with Crippen molar-refractivity contribution in [1.29, 1.82) is 0 Å². The molecular formula is C21H19F2NO. The Balaban J connectivity index is 1.70. The van der Waals surface area contributed by atoms with Gasteiger partial charge >= 0.3 is 0 Å². The quantitative estimate of drug-likeness (QED) is 0.712. The first kappa shape index (κ1) is 17.2. The number of nitrogens with zero attached hydrogens (tertiary/aromatic N) is 1. The second-order valence-electron chi connectivity index (χ2n) is 6.43. The summed E-state index contributed by atoms with van der Waals surface area (Å²) in [7, 11) is 0. The molecule has 1 heterocycles. The third-order valence-corrected chi connectivity index (χ3v) is 4.48. The number of rotatable bonds is 1. The molecule has 0 atom stereocenters. The summed E-state index contributed by atoms with van der Waals surface area (Å²) in [5, 5.41) is 0. The van der Waals surface area contributed by atoms with Gasteiger partial charge in [0.2, 0.25) is 0 Å². The van der Waals surface area contributed by atoms with E-state index in [4.69, 9.17) is 0 Å². The Labute approximate surface area is 146 Å². The molecule has 0 saturated carbocycles. The Hall–Kier alpha value is -2.67. The van der Waals surface area contributed by atoms with E-state index >= 15 is 0 Å². The van der Waals surface area contributed by atoms with Crippen molar-refractivity contribution in [3.8, 4) is 11.8 Å². The fourth-order valence-electron chi connectivity index (χ4n) is 2.82. The highest BCUT2D eigenvalue weighted by atomic mass is 19.1. The first-order chi connectivity index (χ1) is 12.0. The molecule has 1 saturated heterocycles. The molecule has 0 radical (unpaired) electrons. The van der Waals surface area contributed by atoms with Crippen LogP contribution >= 0.6 is 0 Å². The minimum Gasteiger partial charge on any atom is -0.339 e. The van der Waals surface area contributed by atoms with Crippen LogP contribution < -0.4 is 0 Å². The monoisotopic (exact) mass is 339 g/mol. The topological polar surface area (TPSA) is 20.3 Å². The Bertz CT molecular complexity index is 825. The van der Waals surface area contributed by atoms with Gasteiger partial charge in [-0.1, -0.05) is 18.8 Å². The van der Waals surface area contributed by atoms with Crippen molar-refractivity contribution in [2.45, 2.75) is 19.8 Å². The van der Waals surface area contributed by atoms with Crippen molar-refractivity contribution in [3.05, 3.63) is 70.8 Å². The molecule has 0 spiro atoms. The van der Waals surface area contributed by atoms with Crippen LogP contribution in [0.5, 0.6) is 0 Å². The van der Waals surface area contributed by atoms with Crippen LogP contribution in [-0.2, 0) is 0 Å². The fourth-order valence-corrected chi connectivity index (χ4v) is 2.82. The molecule has 2 nitrogen and oxygen atoms in total. The van der Waals surface area contributed by atoms with Gasteiger partial charge in [-0.25, -0.2) is 8.78 Å². The number of carbonyl (C=O) groups is 1. The molecule has 1 aliphatic heterocycles. The molecule has 2 aromatic carbocycles. The number of halogens is 2. The van der Waals surface area contributed by atoms with Crippen LogP contribution in [0.25, 0.3) is 0 Å². The van der Waals surface area contributed by atoms with Gasteiger partial charge in [0, 0.05) is 30.3 Å². The molecule has 0 bridgehead atoms. The van der Waals surface area contributed by atoms with Gasteiger partial charge in [-0.15, -0.1) is 0 Å². The summed E-state index contributed by atoms with van der Waals surface area (Å²) < 4.78 is 26.4. The lowest BCUT2D eigenvalue weighted by Gasteiger charge is -2.30. The van der Waals surface area contributed by atoms with Crippen LogP contribution in [-0.4, -0.2) is 23.9 Å². The molecule has 128 valence electrons. The summed E-state index contributed by atoms with van der Waals surface area (Å²) in [5.41, 5.74) is 1.45. The zero-order valence-corrected chi connectivity index (χ0v) is 14.1. The Morgan fingerprint density at radius 1 is 1.04 bits per heavy atom.